The Balaban J connectivity index is 1.55. The second kappa shape index (κ2) is 8.53. The van der Waals surface area contributed by atoms with E-state index in [1.54, 1.807) is 4.90 Å². The Hall–Kier alpha value is -2.40. The van der Waals surface area contributed by atoms with Gasteiger partial charge in [-0.3, -0.25) is 9.59 Å². The summed E-state index contributed by atoms with van der Waals surface area (Å²) in [4.78, 5) is 26.6. The lowest BCUT2D eigenvalue weighted by Crippen LogP contribution is -2.43. The molecule has 1 fully saturated rings. The molecule has 0 atom stereocenters. The number of benzene rings is 2. The van der Waals surface area contributed by atoms with Crippen molar-refractivity contribution in [3.63, 3.8) is 0 Å². The largest absolute Gasteiger partial charge is 0.352 e. The predicted octanol–water partition coefficient (Wildman–Crippen LogP) is 3.96. The third-order valence-electron chi connectivity index (χ3n) is 5.04. The molecule has 0 aromatic heterocycles. The molecule has 4 nitrogen and oxygen atoms in total. The summed E-state index contributed by atoms with van der Waals surface area (Å²) in [6.07, 6.45) is 1.11. The first kappa shape index (κ1) is 19.4. The number of nitrogens with one attached hydrogen (secondary N) is 1. The van der Waals surface area contributed by atoms with Crippen LogP contribution in [-0.2, 0) is 11.3 Å². The molecule has 0 aliphatic carbocycles. The lowest BCUT2D eigenvalue weighted by atomic mass is 9.95. The zero-order valence-corrected chi connectivity index (χ0v) is 15.9. The summed E-state index contributed by atoms with van der Waals surface area (Å²) in [5, 5.41) is 3.09. The van der Waals surface area contributed by atoms with Gasteiger partial charge in [-0.1, -0.05) is 41.9 Å². The molecule has 2 amide bonds. The van der Waals surface area contributed by atoms with E-state index in [0.717, 1.165) is 11.1 Å². The van der Waals surface area contributed by atoms with Crippen LogP contribution in [0.4, 0.5) is 4.39 Å². The van der Waals surface area contributed by atoms with Crippen LogP contribution >= 0.6 is 11.6 Å². The van der Waals surface area contributed by atoms with E-state index in [4.69, 9.17) is 11.6 Å². The van der Waals surface area contributed by atoms with Gasteiger partial charge in [-0.15, -0.1) is 0 Å². The second-order valence-corrected chi connectivity index (χ2v) is 7.21. The molecule has 0 radical (unpaired) electrons. The third-order valence-corrected chi connectivity index (χ3v) is 5.36. The lowest BCUT2D eigenvalue weighted by Gasteiger charge is -2.31. The highest BCUT2D eigenvalue weighted by atomic mass is 35.5. The summed E-state index contributed by atoms with van der Waals surface area (Å²) in [6.45, 7) is 3.33. The minimum Gasteiger partial charge on any atom is -0.352 e. The fourth-order valence-corrected chi connectivity index (χ4v) is 3.58. The van der Waals surface area contributed by atoms with Gasteiger partial charge in [0.15, 0.2) is 0 Å². The van der Waals surface area contributed by atoms with Crippen LogP contribution in [0.5, 0.6) is 0 Å². The zero-order chi connectivity index (χ0) is 19.4. The van der Waals surface area contributed by atoms with Crippen LogP contribution in [0, 0.1) is 18.7 Å². The van der Waals surface area contributed by atoms with Crippen molar-refractivity contribution in [2.45, 2.75) is 26.3 Å². The van der Waals surface area contributed by atoms with E-state index in [-0.39, 0.29) is 22.4 Å². The highest BCUT2D eigenvalue weighted by Gasteiger charge is 2.29. The normalized spacial score (nSPS) is 14.9. The molecule has 1 heterocycles. The van der Waals surface area contributed by atoms with Gasteiger partial charge in [-0.25, -0.2) is 4.39 Å². The first-order valence-electron chi connectivity index (χ1n) is 9.03. The lowest BCUT2D eigenvalue weighted by molar-refractivity contribution is -0.126. The number of hydrogen-bond acceptors (Lipinski definition) is 2. The zero-order valence-electron chi connectivity index (χ0n) is 15.2. The molecule has 2 aromatic carbocycles. The smallest absolute Gasteiger partial charge is 0.258 e. The van der Waals surface area contributed by atoms with Gasteiger partial charge in [-0.05, 0) is 43.0 Å². The number of halogens is 2. The maximum absolute atomic E-state index is 14.0. The number of hydrogen-bond donors (Lipinski definition) is 1. The number of piperidine rings is 1. The molecular weight excluding hydrogens is 367 g/mol. The molecule has 0 spiro atoms. The van der Waals surface area contributed by atoms with Crippen LogP contribution < -0.4 is 5.32 Å². The minimum atomic E-state index is -0.620. The van der Waals surface area contributed by atoms with Crippen molar-refractivity contribution in [2.24, 2.45) is 5.92 Å². The van der Waals surface area contributed by atoms with Crippen molar-refractivity contribution < 1.29 is 14.0 Å². The van der Waals surface area contributed by atoms with Gasteiger partial charge in [0.2, 0.25) is 5.91 Å². The van der Waals surface area contributed by atoms with Crippen molar-refractivity contribution in [3.8, 4) is 0 Å². The van der Waals surface area contributed by atoms with Crippen LogP contribution in [0.25, 0.3) is 0 Å². The number of carbonyl (C=O) groups is 2. The first-order valence-corrected chi connectivity index (χ1v) is 9.40. The quantitative estimate of drug-likeness (QED) is 0.861. The number of amides is 2. The molecule has 1 N–H and O–H groups in total. The van der Waals surface area contributed by atoms with Gasteiger partial charge in [0.25, 0.3) is 5.91 Å². The molecule has 0 bridgehead atoms. The molecule has 1 saturated heterocycles. The highest BCUT2D eigenvalue weighted by molar-refractivity contribution is 6.33. The summed E-state index contributed by atoms with van der Waals surface area (Å²) in [6, 6.07) is 12.1. The summed E-state index contributed by atoms with van der Waals surface area (Å²) >= 11 is 5.98. The predicted molar refractivity (Wildman–Crippen MR) is 103 cm³/mol. The van der Waals surface area contributed by atoms with Crippen LogP contribution in [-0.4, -0.2) is 29.8 Å². The van der Waals surface area contributed by atoms with Crippen LogP contribution in [0.1, 0.15) is 34.3 Å². The molecule has 0 saturated carbocycles. The van der Waals surface area contributed by atoms with E-state index in [1.807, 2.05) is 31.2 Å². The van der Waals surface area contributed by atoms with Crippen LogP contribution in [0.15, 0.2) is 42.5 Å². The van der Waals surface area contributed by atoms with E-state index in [1.165, 1.54) is 18.2 Å². The van der Waals surface area contributed by atoms with E-state index in [2.05, 4.69) is 5.32 Å². The van der Waals surface area contributed by atoms with Gasteiger partial charge in [0, 0.05) is 25.6 Å². The molecule has 3 rings (SSSR count). The SMILES string of the molecule is Cc1ccccc1CNC(=O)C1CCN(C(=O)c2c(F)cccc2Cl)CC1. The number of rotatable bonds is 4. The van der Waals surface area contributed by atoms with Gasteiger partial charge in [-0.2, -0.15) is 0 Å². The van der Waals surface area contributed by atoms with Crippen molar-refractivity contribution >= 4 is 23.4 Å². The Kier molecular flexibility index (Phi) is 6.11. The first-order chi connectivity index (χ1) is 13.0. The number of likely N-dealkylation sites (tertiary alicyclic amines) is 1. The van der Waals surface area contributed by atoms with Crippen molar-refractivity contribution in [1.29, 1.82) is 0 Å². The number of carbonyl (C=O) groups excluding carboxylic acids is 2. The van der Waals surface area contributed by atoms with Gasteiger partial charge >= 0.3 is 0 Å². The Morgan fingerprint density at radius 3 is 2.52 bits per heavy atom. The summed E-state index contributed by atoms with van der Waals surface area (Å²) < 4.78 is 14.0. The third kappa shape index (κ3) is 4.48. The average molecular weight is 389 g/mol. The Morgan fingerprint density at radius 1 is 1.15 bits per heavy atom. The maximum Gasteiger partial charge on any atom is 0.258 e. The number of aryl methyl sites for hydroxylation is 1. The molecule has 2 aromatic rings. The van der Waals surface area contributed by atoms with E-state index >= 15 is 0 Å². The second-order valence-electron chi connectivity index (χ2n) is 6.81. The van der Waals surface area contributed by atoms with Crippen molar-refractivity contribution in [2.75, 3.05) is 13.1 Å². The maximum atomic E-state index is 14.0. The molecule has 1 aliphatic rings. The fraction of sp³-hybridized carbons (Fsp3) is 0.333. The van der Waals surface area contributed by atoms with Crippen LogP contribution in [0.3, 0.4) is 0 Å². The molecule has 142 valence electrons. The van der Waals surface area contributed by atoms with Crippen molar-refractivity contribution in [3.05, 3.63) is 70.0 Å². The summed E-state index contributed by atoms with van der Waals surface area (Å²) in [5.74, 6) is -1.19. The van der Waals surface area contributed by atoms with Gasteiger partial charge in [0.1, 0.15) is 5.82 Å². The monoisotopic (exact) mass is 388 g/mol. The summed E-state index contributed by atoms with van der Waals surface area (Å²) in [7, 11) is 0. The molecular formula is C21H22ClFN2O2. The molecule has 0 unspecified atom stereocenters. The Labute approximate surface area is 163 Å². The van der Waals surface area contributed by atoms with E-state index in [9.17, 15) is 14.0 Å². The molecule has 6 heteroatoms. The number of nitrogens with zero attached hydrogens (tertiary/aromatic N) is 1. The summed E-state index contributed by atoms with van der Waals surface area (Å²) in [5.41, 5.74) is 2.13. The Bertz CT molecular complexity index is 828. The minimum absolute atomic E-state index is 0.00530. The van der Waals surface area contributed by atoms with E-state index in [0.29, 0.717) is 32.5 Å². The topological polar surface area (TPSA) is 49.4 Å². The molecule has 27 heavy (non-hydrogen) atoms. The average Bonchev–Trinajstić information content (AvgIpc) is 2.67. The van der Waals surface area contributed by atoms with Gasteiger partial charge < -0.3 is 10.2 Å². The fourth-order valence-electron chi connectivity index (χ4n) is 3.34. The van der Waals surface area contributed by atoms with Crippen LogP contribution in [0.2, 0.25) is 5.02 Å². The van der Waals surface area contributed by atoms with E-state index < -0.39 is 11.7 Å². The van der Waals surface area contributed by atoms with Gasteiger partial charge in [0.05, 0.1) is 10.6 Å². The standard InChI is InChI=1S/C21H22ClFN2O2/c1-14-5-2-3-6-16(14)13-24-20(26)15-9-11-25(12-10-15)21(27)19-17(22)7-4-8-18(19)23/h2-8,15H,9-13H2,1H3,(H,24,26). The van der Waals surface area contributed by atoms with Crippen molar-refractivity contribution in [1.82, 2.24) is 10.2 Å². The highest BCUT2D eigenvalue weighted by Crippen LogP contribution is 2.24. The molecule has 1 aliphatic heterocycles. The Morgan fingerprint density at radius 2 is 1.85 bits per heavy atom.